The van der Waals surface area contributed by atoms with Crippen LogP contribution in [0.2, 0.25) is 5.02 Å². The molecule has 0 unspecified atom stereocenters. The molecule has 3 nitrogen and oxygen atoms in total. The molecule has 0 aliphatic heterocycles. The van der Waals surface area contributed by atoms with Crippen LogP contribution in [0.1, 0.15) is 18.1 Å². The highest BCUT2D eigenvalue weighted by molar-refractivity contribution is 6.30. The van der Waals surface area contributed by atoms with E-state index in [4.69, 9.17) is 21.1 Å². The molecule has 0 aliphatic carbocycles. The van der Waals surface area contributed by atoms with Crippen molar-refractivity contribution in [1.29, 1.82) is 0 Å². The molecule has 0 atom stereocenters. The summed E-state index contributed by atoms with van der Waals surface area (Å²) in [6.45, 7) is 3.80. The van der Waals surface area contributed by atoms with Gasteiger partial charge >= 0.3 is 0 Å². The summed E-state index contributed by atoms with van der Waals surface area (Å²) in [5.74, 6) is 1.75. The average Bonchev–Trinajstić information content (AvgIpc) is 2.78. The van der Waals surface area contributed by atoms with Gasteiger partial charge in [-0.15, -0.1) is 0 Å². The monoisotopic (exact) mass is 417 g/mol. The van der Waals surface area contributed by atoms with Crippen LogP contribution in [-0.4, -0.2) is 6.61 Å². The number of fused-ring (bicyclic) bond motifs is 1. The van der Waals surface area contributed by atoms with Crippen molar-refractivity contribution in [2.75, 3.05) is 11.9 Å². The van der Waals surface area contributed by atoms with Gasteiger partial charge in [0.2, 0.25) is 0 Å². The maximum atomic E-state index is 6.21. The van der Waals surface area contributed by atoms with Crippen LogP contribution < -0.4 is 14.8 Å². The quantitative estimate of drug-likeness (QED) is 0.332. The summed E-state index contributed by atoms with van der Waals surface area (Å²) < 4.78 is 11.7. The van der Waals surface area contributed by atoms with E-state index in [0.29, 0.717) is 19.8 Å². The summed E-state index contributed by atoms with van der Waals surface area (Å²) in [5.41, 5.74) is 3.25. The Morgan fingerprint density at radius 1 is 0.800 bits per heavy atom. The van der Waals surface area contributed by atoms with Gasteiger partial charge in [0, 0.05) is 22.8 Å². The first-order valence-electron chi connectivity index (χ1n) is 10.1. The van der Waals surface area contributed by atoms with E-state index < -0.39 is 0 Å². The molecule has 0 bridgehead atoms. The van der Waals surface area contributed by atoms with Crippen LogP contribution in [0.4, 0.5) is 5.69 Å². The molecule has 4 aromatic rings. The summed E-state index contributed by atoms with van der Waals surface area (Å²) in [6.07, 6.45) is 0. The smallest absolute Gasteiger partial charge is 0.125 e. The lowest BCUT2D eigenvalue weighted by Crippen LogP contribution is -2.05. The Bertz CT molecular complexity index is 1110. The van der Waals surface area contributed by atoms with Crippen molar-refractivity contribution in [2.24, 2.45) is 0 Å². The predicted octanol–water partition coefficient (Wildman–Crippen LogP) is 7.08. The van der Waals surface area contributed by atoms with E-state index in [1.807, 2.05) is 61.5 Å². The highest BCUT2D eigenvalue weighted by Crippen LogP contribution is 2.30. The molecular weight excluding hydrogens is 394 g/mol. The fourth-order valence-electron chi connectivity index (χ4n) is 3.40. The van der Waals surface area contributed by atoms with Crippen molar-refractivity contribution in [3.63, 3.8) is 0 Å². The molecule has 0 fully saturated rings. The zero-order valence-electron chi connectivity index (χ0n) is 16.9. The molecule has 1 N–H and O–H groups in total. The van der Waals surface area contributed by atoms with Crippen molar-refractivity contribution in [3.05, 3.63) is 101 Å². The van der Waals surface area contributed by atoms with Crippen molar-refractivity contribution < 1.29 is 9.47 Å². The Labute approximate surface area is 182 Å². The molecule has 0 saturated carbocycles. The van der Waals surface area contributed by atoms with Crippen LogP contribution in [-0.2, 0) is 13.2 Å². The minimum atomic E-state index is 0.492. The van der Waals surface area contributed by atoms with Gasteiger partial charge in [-0.3, -0.25) is 0 Å². The molecule has 30 heavy (non-hydrogen) atoms. The second-order valence-corrected chi connectivity index (χ2v) is 7.43. The van der Waals surface area contributed by atoms with Gasteiger partial charge in [0.1, 0.15) is 18.1 Å². The molecule has 4 rings (SSSR count). The highest BCUT2D eigenvalue weighted by atomic mass is 35.5. The minimum Gasteiger partial charge on any atom is -0.494 e. The zero-order valence-corrected chi connectivity index (χ0v) is 17.7. The van der Waals surface area contributed by atoms with Gasteiger partial charge in [-0.2, -0.15) is 0 Å². The molecule has 0 amide bonds. The topological polar surface area (TPSA) is 30.5 Å². The van der Waals surface area contributed by atoms with Gasteiger partial charge in [-0.05, 0) is 65.7 Å². The highest BCUT2D eigenvalue weighted by Gasteiger charge is 2.10. The fourth-order valence-corrected chi connectivity index (χ4v) is 3.53. The van der Waals surface area contributed by atoms with E-state index in [1.165, 1.54) is 10.8 Å². The van der Waals surface area contributed by atoms with E-state index in [0.717, 1.165) is 33.3 Å². The Balaban J connectivity index is 1.56. The average molecular weight is 418 g/mol. The number of anilines is 1. The number of halogens is 1. The lowest BCUT2D eigenvalue weighted by molar-refractivity contribution is 0.304. The normalized spacial score (nSPS) is 10.7. The largest absolute Gasteiger partial charge is 0.494 e. The molecule has 0 saturated heterocycles. The van der Waals surface area contributed by atoms with Crippen molar-refractivity contribution in [2.45, 2.75) is 20.1 Å². The lowest BCUT2D eigenvalue weighted by atomic mass is 10.0. The van der Waals surface area contributed by atoms with Crippen LogP contribution in [0.25, 0.3) is 10.8 Å². The third kappa shape index (κ3) is 4.87. The summed E-state index contributed by atoms with van der Waals surface area (Å²) in [4.78, 5) is 0. The second kappa shape index (κ2) is 9.55. The minimum absolute atomic E-state index is 0.492. The lowest BCUT2D eigenvalue weighted by Gasteiger charge is -2.16. The van der Waals surface area contributed by atoms with Crippen molar-refractivity contribution >= 4 is 28.1 Å². The molecule has 0 heterocycles. The summed E-state index contributed by atoms with van der Waals surface area (Å²) in [6, 6.07) is 28.3. The summed E-state index contributed by atoms with van der Waals surface area (Å²) in [5, 5.41) is 6.62. The van der Waals surface area contributed by atoms with Gasteiger partial charge in [-0.1, -0.05) is 54.1 Å². The number of rotatable bonds is 8. The Kier molecular flexibility index (Phi) is 6.41. The van der Waals surface area contributed by atoms with Gasteiger partial charge in [0.15, 0.2) is 0 Å². The van der Waals surface area contributed by atoms with Gasteiger partial charge in [0.25, 0.3) is 0 Å². The van der Waals surface area contributed by atoms with Crippen LogP contribution in [0.5, 0.6) is 11.5 Å². The molecule has 152 valence electrons. The number of hydrogen-bond donors (Lipinski definition) is 1. The van der Waals surface area contributed by atoms with E-state index >= 15 is 0 Å². The molecule has 4 heteroatoms. The molecule has 0 radical (unpaired) electrons. The van der Waals surface area contributed by atoms with E-state index in [1.54, 1.807) is 0 Å². The van der Waals surface area contributed by atoms with Crippen LogP contribution in [0.15, 0.2) is 84.9 Å². The van der Waals surface area contributed by atoms with Crippen LogP contribution in [0.3, 0.4) is 0 Å². The fraction of sp³-hybridized carbons (Fsp3) is 0.154. The molecule has 0 aromatic heterocycles. The van der Waals surface area contributed by atoms with Crippen LogP contribution >= 0.6 is 11.6 Å². The second-order valence-electron chi connectivity index (χ2n) is 6.99. The molecular formula is C26H24ClNO2. The number of hydrogen-bond acceptors (Lipinski definition) is 3. The first-order valence-corrected chi connectivity index (χ1v) is 10.5. The van der Waals surface area contributed by atoms with Gasteiger partial charge in [0.05, 0.1) is 6.61 Å². The zero-order chi connectivity index (χ0) is 20.8. The maximum absolute atomic E-state index is 6.21. The SMILES string of the molecule is CCOc1ccc(NCc2c(OCc3ccc(Cl)cc3)ccc3ccccc23)cc1. The van der Waals surface area contributed by atoms with E-state index in [-0.39, 0.29) is 0 Å². The van der Waals surface area contributed by atoms with Crippen molar-refractivity contribution in [1.82, 2.24) is 0 Å². The summed E-state index contributed by atoms with van der Waals surface area (Å²) >= 11 is 5.99. The van der Waals surface area contributed by atoms with Gasteiger partial charge < -0.3 is 14.8 Å². The molecule has 0 spiro atoms. The number of benzene rings is 4. The Morgan fingerprint density at radius 2 is 1.57 bits per heavy atom. The molecule has 0 aliphatic rings. The van der Waals surface area contributed by atoms with Gasteiger partial charge in [-0.25, -0.2) is 0 Å². The van der Waals surface area contributed by atoms with E-state index in [2.05, 4.69) is 35.6 Å². The Hall–Kier alpha value is -3.17. The first kappa shape index (κ1) is 20.1. The molecule has 4 aromatic carbocycles. The Morgan fingerprint density at radius 3 is 2.33 bits per heavy atom. The summed E-state index contributed by atoms with van der Waals surface area (Å²) in [7, 11) is 0. The number of nitrogens with one attached hydrogen (secondary N) is 1. The first-order chi connectivity index (χ1) is 14.7. The third-order valence-electron chi connectivity index (χ3n) is 4.94. The van der Waals surface area contributed by atoms with Crippen molar-refractivity contribution in [3.8, 4) is 11.5 Å². The third-order valence-corrected chi connectivity index (χ3v) is 5.19. The maximum Gasteiger partial charge on any atom is 0.125 e. The number of ether oxygens (including phenoxy) is 2. The van der Waals surface area contributed by atoms with Crippen LogP contribution in [0, 0.1) is 0 Å². The predicted molar refractivity (Wildman–Crippen MR) is 125 cm³/mol. The van der Waals surface area contributed by atoms with E-state index in [9.17, 15) is 0 Å². The standard InChI is InChI=1S/C26H24ClNO2/c1-2-29-23-14-12-22(13-15-23)28-17-25-24-6-4-3-5-20(24)9-16-26(25)30-18-19-7-10-21(27)11-8-19/h3-16,28H,2,17-18H2,1H3.